The van der Waals surface area contributed by atoms with Gasteiger partial charge in [-0.1, -0.05) is 38.1 Å². The fraction of sp³-hybridized carbons (Fsp3) is 0.302. The van der Waals surface area contributed by atoms with Crippen LogP contribution in [0.15, 0.2) is 97.1 Å². The van der Waals surface area contributed by atoms with Crippen LogP contribution in [-0.4, -0.2) is 56.9 Å². The first-order chi connectivity index (χ1) is 25.6. The lowest BCUT2D eigenvalue weighted by atomic mass is 10.1. The van der Waals surface area contributed by atoms with Gasteiger partial charge in [-0.2, -0.15) is 0 Å². The van der Waals surface area contributed by atoms with Crippen molar-refractivity contribution in [3.05, 3.63) is 119 Å². The first-order valence-corrected chi connectivity index (χ1v) is 17.7. The van der Waals surface area contributed by atoms with Crippen LogP contribution in [0.1, 0.15) is 77.8 Å². The second-order valence-corrected chi connectivity index (χ2v) is 12.3. The number of hydrogen-bond acceptors (Lipinski definition) is 10. The molecule has 0 bridgehead atoms. The molecule has 0 saturated heterocycles. The first kappa shape index (κ1) is 40.0. The standard InChI is InChI=1S/C43H46O10/c1-5-6-24-50-40(44)21-11-32-10-20-39(31(4)27-32)53-42(46)33-14-17-37(18-15-33)52-43(47)36-13-12-35-29-38(19-16-34(35)28-36)49-25-8-7-22-48-23-9-26-51-41(45)30(2)3/h10-21,27-29H,2,5-9,22-26H2,1,3-4H3/b21-11+. The summed E-state index contributed by atoms with van der Waals surface area (Å²) in [4.78, 5) is 48.9. The molecule has 0 spiro atoms. The summed E-state index contributed by atoms with van der Waals surface area (Å²) in [6, 6.07) is 22.3. The maximum Gasteiger partial charge on any atom is 0.343 e. The van der Waals surface area contributed by atoms with Crippen LogP contribution in [0.25, 0.3) is 16.8 Å². The Morgan fingerprint density at radius 3 is 2.08 bits per heavy atom. The summed E-state index contributed by atoms with van der Waals surface area (Å²) in [6.45, 7) is 11.4. The molecule has 4 rings (SSSR count). The summed E-state index contributed by atoms with van der Waals surface area (Å²) in [5.41, 5.74) is 2.54. The number of carbonyl (C=O) groups is 4. The summed E-state index contributed by atoms with van der Waals surface area (Å²) in [7, 11) is 0. The number of ether oxygens (including phenoxy) is 6. The van der Waals surface area contributed by atoms with Crippen molar-refractivity contribution in [3.8, 4) is 17.2 Å². The van der Waals surface area contributed by atoms with E-state index in [1.165, 1.54) is 30.3 Å². The number of esters is 4. The number of unbranched alkanes of at least 4 members (excludes halogenated alkanes) is 2. The highest BCUT2D eigenvalue weighted by Gasteiger charge is 2.14. The number of aryl methyl sites for hydroxylation is 1. The molecular formula is C43H46O10. The predicted molar refractivity (Wildman–Crippen MR) is 202 cm³/mol. The van der Waals surface area contributed by atoms with Crippen molar-refractivity contribution in [1.82, 2.24) is 0 Å². The van der Waals surface area contributed by atoms with Crippen molar-refractivity contribution in [2.45, 2.75) is 52.9 Å². The quantitative estimate of drug-likeness (QED) is 0.0379. The van der Waals surface area contributed by atoms with E-state index >= 15 is 0 Å². The topological polar surface area (TPSA) is 124 Å². The van der Waals surface area contributed by atoms with Gasteiger partial charge in [0, 0.05) is 31.3 Å². The predicted octanol–water partition coefficient (Wildman–Crippen LogP) is 8.63. The third-order valence-corrected chi connectivity index (χ3v) is 7.87. The lowest BCUT2D eigenvalue weighted by Gasteiger charge is -2.10. The number of hydrogen-bond donors (Lipinski definition) is 0. The van der Waals surface area contributed by atoms with Crippen LogP contribution < -0.4 is 14.2 Å². The number of benzene rings is 4. The van der Waals surface area contributed by atoms with Crippen LogP contribution in [0.5, 0.6) is 17.2 Å². The maximum absolute atomic E-state index is 12.9. The second kappa shape index (κ2) is 20.9. The molecule has 0 unspecified atom stereocenters. The lowest BCUT2D eigenvalue weighted by Crippen LogP contribution is -2.10. The molecule has 0 saturated carbocycles. The number of carbonyl (C=O) groups excluding carboxylic acids is 4. The Morgan fingerprint density at radius 2 is 1.32 bits per heavy atom. The van der Waals surface area contributed by atoms with E-state index in [-0.39, 0.29) is 17.3 Å². The van der Waals surface area contributed by atoms with Crippen molar-refractivity contribution in [3.63, 3.8) is 0 Å². The lowest BCUT2D eigenvalue weighted by molar-refractivity contribution is -0.139. The molecule has 278 valence electrons. The zero-order valence-corrected chi connectivity index (χ0v) is 30.5. The van der Waals surface area contributed by atoms with Crippen LogP contribution in [0, 0.1) is 6.92 Å². The molecule has 4 aromatic rings. The molecule has 0 aliphatic carbocycles. The van der Waals surface area contributed by atoms with E-state index in [2.05, 4.69) is 6.58 Å². The molecule has 0 heterocycles. The third kappa shape index (κ3) is 13.4. The molecule has 4 aromatic carbocycles. The fourth-order valence-electron chi connectivity index (χ4n) is 4.89. The van der Waals surface area contributed by atoms with E-state index in [9.17, 15) is 19.2 Å². The first-order valence-electron chi connectivity index (χ1n) is 17.7. The van der Waals surface area contributed by atoms with Gasteiger partial charge in [0.05, 0.1) is 30.9 Å². The van der Waals surface area contributed by atoms with E-state index in [1.54, 1.807) is 50.3 Å². The normalized spacial score (nSPS) is 10.9. The number of rotatable bonds is 20. The van der Waals surface area contributed by atoms with Gasteiger partial charge in [0.1, 0.15) is 17.2 Å². The average Bonchev–Trinajstić information content (AvgIpc) is 3.15. The van der Waals surface area contributed by atoms with Crippen LogP contribution in [0.3, 0.4) is 0 Å². The van der Waals surface area contributed by atoms with Gasteiger partial charge < -0.3 is 28.4 Å². The molecule has 53 heavy (non-hydrogen) atoms. The Bertz CT molecular complexity index is 1910. The minimum atomic E-state index is -0.562. The molecule has 0 fully saturated rings. The monoisotopic (exact) mass is 722 g/mol. The highest BCUT2D eigenvalue weighted by atomic mass is 16.5. The van der Waals surface area contributed by atoms with Crippen LogP contribution in [0.2, 0.25) is 0 Å². The van der Waals surface area contributed by atoms with E-state index in [0.717, 1.165) is 53.3 Å². The van der Waals surface area contributed by atoms with Gasteiger partial charge in [-0.3, -0.25) is 0 Å². The third-order valence-electron chi connectivity index (χ3n) is 7.87. The van der Waals surface area contributed by atoms with Crippen LogP contribution in [-0.2, 0) is 23.8 Å². The van der Waals surface area contributed by atoms with Gasteiger partial charge in [0.2, 0.25) is 0 Å². The van der Waals surface area contributed by atoms with Crippen molar-refractivity contribution in [1.29, 1.82) is 0 Å². The zero-order valence-electron chi connectivity index (χ0n) is 30.5. The van der Waals surface area contributed by atoms with Gasteiger partial charge >= 0.3 is 23.9 Å². The molecule has 0 radical (unpaired) electrons. The number of fused-ring (bicyclic) bond motifs is 1. The Labute approximate surface area is 310 Å². The summed E-state index contributed by atoms with van der Waals surface area (Å²) >= 11 is 0. The largest absolute Gasteiger partial charge is 0.494 e. The molecule has 0 aliphatic heterocycles. The van der Waals surface area contributed by atoms with Gasteiger partial charge in [0.15, 0.2) is 0 Å². The molecule has 0 aromatic heterocycles. The summed E-state index contributed by atoms with van der Waals surface area (Å²) < 4.78 is 32.8. The minimum Gasteiger partial charge on any atom is -0.494 e. The van der Waals surface area contributed by atoms with Crippen molar-refractivity contribution < 1.29 is 47.6 Å². The Kier molecular flexibility index (Phi) is 15.8. The van der Waals surface area contributed by atoms with Crippen LogP contribution >= 0.6 is 0 Å². The van der Waals surface area contributed by atoms with E-state index in [4.69, 9.17) is 28.4 Å². The molecule has 0 amide bonds. The van der Waals surface area contributed by atoms with Gasteiger partial charge in [-0.05, 0) is 122 Å². The molecule has 0 atom stereocenters. The molecular weight excluding hydrogens is 676 g/mol. The smallest absolute Gasteiger partial charge is 0.343 e. The van der Waals surface area contributed by atoms with E-state index in [1.807, 2.05) is 31.2 Å². The van der Waals surface area contributed by atoms with Crippen molar-refractivity contribution >= 4 is 40.7 Å². The Hall–Kier alpha value is -5.74. The second-order valence-electron chi connectivity index (χ2n) is 12.3. The van der Waals surface area contributed by atoms with Gasteiger partial charge in [-0.15, -0.1) is 0 Å². The molecule has 10 heteroatoms. The highest BCUT2D eigenvalue weighted by Crippen LogP contribution is 2.25. The zero-order chi connectivity index (χ0) is 38.0. The molecule has 0 N–H and O–H groups in total. The molecule has 0 aliphatic rings. The van der Waals surface area contributed by atoms with Crippen molar-refractivity contribution in [2.24, 2.45) is 0 Å². The van der Waals surface area contributed by atoms with Crippen molar-refractivity contribution in [2.75, 3.05) is 33.0 Å². The van der Waals surface area contributed by atoms with E-state index < -0.39 is 17.9 Å². The Morgan fingerprint density at radius 1 is 0.660 bits per heavy atom. The highest BCUT2D eigenvalue weighted by molar-refractivity contribution is 5.97. The summed E-state index contributed by atoms with van der Waals surface area (Å²) in [5.74, 6) is -0.480. The molecule has 10 nitrogen and oxygen atoms in total. The minimum absolute atomic E-state index is 0.283. The Balaban J connectivity index is 1.19. The van der Waals surface area contributed by atoms with E-state index in [0.29, 0.717) is 56.3 Å². The van der Waals surface area contributed by atoms with Gasteiger partial charge in [-0.25, -0.2) is 19.2 Å². The summed E-state index contributed by atoms with van der Waals surface area (Å²) in [5, 5.41) is 1.78. The SMILES string of the molecule is C=C(C)C(=O)OCCCOCCCCOc1ccc2cc(C(=O)Oc3ccc(C(=O)Oc4ccc(/C=C/C(=O)OCCCC)cc4C)cc3)ccc2c1. The van der Waals surface area contributed by atoms with Gasteiger partial charge in [0.25, 0.3) is 0 Å². The van der Waals surface area contributed by atoms with Crippen LogP contribution in [0.4, 0.5) is 0 Å². The average molecular weight is 723 g/mol. The summed E-state index contributed by atoms with van der Waals surface area (Å²) in [6.07, 6.45) is 7.09. The maximum atomic E-state index is 12.9. The fourth-order valence-corrected chi connectivity index (χ4v) is 4.89.